The van der Waals surface area contributed by atoms with Crippen molar-refractivity contribution in [3.8, 4) is 0 Å². The lowest BCUT2D eigenvalue weighted by atomic mass is 9.99. The number of rotatable bonds is 25. The predicted molar refractivity (Wildman–Crippen MR) is 175 cm³/mol. The standard InChI is InChI=1S/C37H66O7/c1-3-4-5-6-7-11-14-17-20-31(39)33-22-24-35(43-33)36-25-23-34(44-36)32(40)21-18-15-12-9-8-10-13-16-19-30(38)26-29-27-37(41)42-28(29)2/h27-28,30-36,38-40H,3-26H2,1-2H3/t28-,30-,31+,32+,33+,34+,35+,36+/m0/s1. The number of carbonyl (C=O) groups excluding carboxylic acids is 1. The molecule has 0 aliphatic carbocycles. The van der Waals surface area contributed by atoms with Crippen molar-refractivity contribution >= 4 is 5.97 Å². The smallest absolute Gasteiger partial charge is 0.331 e. The van der Waals surface area contributed by atoms with Gasteiger partial charge in [0.1, 0.15) is 6.10 Å². The Hall–Kier alpha value is -0.990. The number of cyclic esters (lactones) is 1. The van der Waals surface area contributed by atoms with Crippen molar-refractivity contribution in [3.05, 3.63) is 11.6 Å². The molecule has 3 aliphatic rings. The van der Waals surface area contributed by atoms with Gasteiger partial charge in [0.15, 0.2) is 0 Å². The van der Waals surface area contributed by atoms with E-state index >= 15 is 0 Å². The number of aliphatic hydroxyl groups excluding tert-OH is 3. The maximum absolute atomic E-state index is 11.3. The van der Waals surface area contributed by atoms with Crippen LogP contribution in [0.4, 0.5) is 0 Å². The van der Waals surface area contributed by atoms with Crippen LogP contribution in [0.15, 0.2) is 11.6 Å². The zero-order valence-corrected chi connectivity index (χ0v) is 28.1. The lowest BCUT2D eigenvalue weighted by Crippen LogP contribution is -2.33. The van der Waals surface area contributed by atoms with E-state index in [2.05, 4.69) is 6.92 Å². The molecular weight excluding hydrogens is 556 g/mol. The summed E-state index contributed by atoms with van der Waals surface area (Å²) in [7, 11) is 0. The van der Waals surface area contributed by atoms with Gasteiger partial charge in [-0.05, 0) is 63.9 Å². The van der Waals surface area contributed by atoms with Crippen molar-refractivity contribution < 1.29 is 34.3 Å². The first-order chi connectivity index (χ1) is 21.4. The molecule has 3 heterocycles. The Morgan fingerprint density at radius 1 is 0.659 bits per heavy atom. The first kappa shape index (κ1) is 37.5. The summed E-state index contributed by atoms with van der Waals surface area (Å²) in [6.07, 6.45) is 26.1. The van der Waals surface area contributed by atoms with Gasteiger partial charge >= 0.3 is 5.97 Å². The number of carbonyl (C=O) groups is 1. The molecule has 3 aliphatic heterocycles. The van der Waals surface area contributed by atoms with E-state index in [-0.39, 0.29) is 42.6 Å². The van der Waals surface area contributed by atoms with Crippen molar-refractivity contribution in [2.24, 2.45) is 0 Å². The zero-order chi connectivity index (χ0) is 31.6. The van der Waals surface area contributed by atoms with Gasteiger partial charge in [-0.1, -0.05) is 110 Å². The van der Waals surface area contributed by atoms with Crippen molar-refractivity contribution in [2.45, 2.75) is 217 Å². The Labute approximate surface area is 268 Å². The summed E-state index contributed by atoms with van der Waals surface area (Å²) in [5.41, 5.74) is 0.906. The largest absolute Gasteiger partial charge is 0.455 e. The van der Waals surface area contributed by atoms with E-state index in [1.807, 2.05) is 6.92 Å². The molecule has 7 heteroatoms. The lowest BCUT2D eigenvalue weighted by molar-refractivity contribution is -0.138. The average Bonchev–Trinajstić information content (AvgIpc) is 3.75. The van der Waals surface area contributed by atoms with E-state index in [4.69, 9.17) is 14.2 Å². The minimum atomic E-state index is -0.399. The molecular formula is C37H66O7. The Morgan fingerprint density at radius 2 is 1.09 bits per heavy atom. The molecule has 3 N–H and O–H groups in total. The highest BCUT2D eigenvalue weighted by Gasteiger charge is 2.40. The third kappa shape index (κ3) is 14.2. The van der Waals surface area contributed by atoms with Gasteiger partial charge in [0.25, 0.3) is 0 Å². The summed E-state index contributed by atoms with van der Waals surface area (Å²) < 4.78 is 17.7. The highest BCUT2D eigenvalue weighted by Crippen LogP contribution is 2.34. The first-order valence-electron chi connectivity index (χ1n) is 18.6. The van der Waals surface area contributed by atoms with Gasteiger partial charge in [0, 0.05) is 6.08 Å². The molecule has 3 rings (SSSR count). The molecule has 0 aromatic carbocycles. The number of ether oxygens (including phenoxy) is 3. The quantitative estimate of drug-likeness (QED) is 0.0703. The van der Waals surface area contributed by atoms with Crippen LogP contribution in [0.1, 0.15) is 168 Å². The Bertz CT molecular complexity index is 801. The van der Waals surface area contributed by atoms with Crippen LogP contribution in [0.2, 0.25) is 0 Å². The molecule has 0 spiro atoms. The topological polar surface area (TPSA) is 105 Å². The fourth-order valence-corrected chi connectivity index (χ4v) is 7.30. The fourth-order valence-electron chi connectivity index (χ4n) is 7.30. The molecule has 0 saturated carbocycles. The Balaban J connectivity index is 1.13. The average molecular weight is 623 g/mol. The maximum Gasteiger partial charge on any atom is 0.331 e. The highest BCUT2D eigenvalue weighted by atomic mass is 16.6. The normalized spacial score (nSPS) is 27.4. The number of esters is 1. The van der Waals surface area contributed by atoms with E-state index in [9.17, 15) is 20.1 Å². The summed E-state index contributed by atoms with van der Waals surface area (Å²) in [5, 5.41) is 31.7. The first-order valence-corrected chi connectivity index (χ1v) is 18.6. The van der Waals surface area contributed by atoms with Gasteiger partial charge in [-0.15, -0.1) is 0 Å². The summed E-state index contributed by atoms with van der Waals surface area (Å²) in [5.74, 6) is -0.293. The van der Waals surface area contributed by atoms with Crippen molar-refractivity contribution in [1.29, 1.82) is 0 Å². The number of hydrogen-bond acceptors (Lipinski definition) is 7. The van der Waals surface area contributed by atoms with Crippen molar-refractivity contribution in [3.63, 3.8) is 0 Å². The highest BCUT2D eigenvalue weighted by molar-refractivity contribution is 5.85. The molecule has 0 bridgehead atoms. The second kappa shape index (κ2) is 21.7. The van der Waals surface area contributed by atoms with E-state index < -0.39 is 12.2 Å². The summed E-state index contributed by atoms with van der Waals surface area (Å²) >= 11 is 0. The van der Waals surface area contributed by atoms with Crippen LogP contribution in [0.3, 0.4) is 0 Å². The third-order valence-corrected chi connectivity index (χ3v) is 10.2. The predicted octanol–water partition coefficient (Wildman–Crippen LogP) is 7.86. The van der Waals surface area contributed by atoms with Gasteiger partial charge in [-0.3, -0.25) is 0 Å². The Morgan fingerprint density at radius 3 is 1.52 bits per heavy atom. The molecule has 0 radical (unpaired) electrons. The van der Waals surface area contributed by atoms with E-state index in [1.165, 1.54) is 76.7 Å². The second-order valence-corrected chi connectivity index (χ2v) is 14.0. The summed E-state index contributed by atoms with van der Waals surface area (Å²) in [6.45, 7) is 4.11. The van der Waals surface area contributed by atoms with Crippen LogP contribution < -0.4 is 0 Å². The van der Waals surface area contributed by atoms with Crippen LogP contribution >= 0.6 is 0 Å². The van der Waals surface area contributed by atoms with Crippen LogP contribution in [0.5, 0.6) is 0 Å². The summed E-state index contributed by atoms with van der Waals surface area (Å²) in [4.78, 5) is 11.3. The van der Waals surface area contributed by atoms with Gasteiger partial charge in [0.05, 0.1) is 42.7 Å². The van der Waals surface area contributed by atoms with Crippen LogP contribution in [-0.2, 0) is 19.0 Å². The van der Waals surface area contributed by atoms with Crippen LogP contribution in [-0.4, -0.2) is 70.1 Å². The third-order valence-electron chi connectivity index (χ3n) is 10.2. The SMILES string of the molecule is CCCCCCCCCC[C@@H](O)[C@H]1CC[C@H]([C@H]2CC[C@H]([C@H](O)CCCCCCCCCC[C@H](O)CC3=CC(=O)O[C@H]3C)O2)O1. The van der Waals surface area contributed by atoms with Crippen molar-refractivity contribution in [1.82, 2.24) is 0 Å². The summed E-state index contributed by atoms with van der Waals surface area (Å²) in [6, 6.07) is 0. The molecule has 256 valence electrons. The minimum absolute atomic E-state index is 0.0534. The van der Waals surface area contributed by atoms with Gasteiger partial charge < -0.3 is 29.5 Å². The molecule has 0 aromatic rings. The van der Waals surface area contributed by atoms with Gasteiger partial charge in [-0.2, -0.15) is 0 Å². The molecule has 0 aromatic heterocycles. The molecule has 44 heavy (non-hydrogen) atoms. The molecule has 8 atom stereocenters. The monoisotopic (exact) mass is 622 g/mol. The number of unbranched alkanes of at least 4 members (excludes halogenated alkanes) is 14. The maximum atomic E-state index is 11.3. The molecule has 2 fully saturated rings. The second-order valence-electron chi connectivity index (χ2n) is 14.0. The van der Waals surface area contributed by atoms with Crippen LogP contribution in [0, 0.1) is 0 Å². The van der Waals surface area contributed by atoms with Gasteiger partial charge in [-0.25, -0.2) is 4.79 Å². The van der Waals surface area contributed by atoms with E-state index in [0.29, 0.717) is 6.42 Å². The fraction of sp³-hybridized carbons (Fsp3) is 0.919. The molecule has 2 saturated heterocycles. The number of hydrogen-bond donors (Lipinski definition) is 3. The number of aliphatic hydroxyl groups is 3. The molecule has 7 nitrogen and oxygen atoms in total. The van der Waals surface area contributed by atoms with Crippen molar-refractivity contribution in [2.75, 3.05) is 0 Å². The minimum Gasteiger partial charge on any atom is -0.455 e. The molecule has 0 amide bonds. The van der Waals surface area contributed by atoms with Crippen LogP contribution in [0.25, 0.3) is 0 Å². The zero-order valence-electron chi connectivity index (χ0n) is 28.1. The van der Waals surface area contributed by atoms with Gasteiger partial charge in [0.2, 0.25) is 0 Å². The van der Waals surface area contributed by atoms with E-state index in [0.717, 1.165) is 82.6 Å². The lowest BCUT2D eigenvalue weighted by Gasteiger charge is -2.24. The molecule has 0 unspecified atom stereocenters. The van der Waals surface area contributed by atoms with E-state index in [1.54, 1.807) is 0 Å². The Kier molecular flexibility index (Phi) is 18.5.